The summed E-state index contributed by atoms with van der Waals surface area (Å²) in [5.74, 6) is -0.208. The predicted octanol–water partition coefficient (Wildman–Crippen LogP) is 5.92. The highest BCUT2D eigenvalue weighted by Gasteiger charge is 2.13. The standard InChI is InChI=1S/C14H10Br2ClF/c15-10-3-6-12(14(18)8-10)13(16)7-9-1-4-11(17)5-2-9/h1-6,8,13H,7H2. The van der Waals surface area contributed by atoms with Crippen molar-refractivity contribution in [3.63, 3.8) is 0 Å². The minimum atomic E-state index is -0.208. The van der Waals surface area contributed by atoms with E-state index in [9.17, 15) is 4.39 Å². The SMILES string of the molecule is Fc1cc(Br)ccc1C(Br)Cc1ccc(Cl)cc1. The molecule has 1 unspecified atom stereocenters. The molecule has 94 valence electrons. The van der Waals surface area contributed by atoms with Crippen molar-refractivity contribution in [1.29, 1.82) is 0 Å². The Hall–Kier alpha value is -0.380. The van der Waals surface area contributed by atoms with Gasteiger partial charge in [-0.2, -0.15) is 0 Å². The van der Waals surface area contributed by atoms with E-state index in [4.69, 9.17) is 11.6 Å². The Balaban J connectivity index is 2.16. The summed E-state index contributed by atoms with van der Waals surface area (Å²) in [5, 5.41) is 0.708. The monoisotopic (exact) mass is 390 g/mol. The van der Waals surface area contributed by atoms with Crippen LogP contribution in [0.25, 0.3) is 0 Å². The second kappa shape index (κ2) is 6.18. The molecule has 1 atom stereocenters. The predicted molar refractivity (Wildman–Crippen MR) is 80.9 cm³/mol. The lowest BCUT2D eigenvalue weighted by atomic mass is 10.0. The zero-order valence-electron chi connectivity index (χ0n) is 9.34. The van der Waals surface area contributed by atoms with Gasteiger partial charge in [0.25, 0.3) is 0 Å². The highest BCUT2D eigenvalue weighted by Crippen LogP contribution is 2.30. The summed E-state index contributed by atoms with van der Waals surface area (Å²) < 4.78 is 14.5. The second-order valence-corrected chi connectivity index (χ2v) is 6.42. The van der Waals surface area contributed by atoms with E-state index >= 15 is 0 Å². The average molecular weight is 392 g/mol. The molecule has 0 spiro atoms. The Labute approximate surface area is 127 Å². The number of halogens is 4. The summed E-state index contributed by atoms with van der Waals surface area (Å²) in [5.41, 5.74) is 1.77. The maximum atomic E-state index is 13.8. The van der Waals surface area contributed by atoms with Crippen molar-refractivity contribution in [2.45, 2.75) is 11.2 Å². The molecule has 0 bridgehead atoms. The smallest absolute Gasteiger partial charge is 0.128 e. The van der Waals surface area contributed by atoms with Crippen LogP contribution in [-0.2, 0) is 6.42 Å². The number of hydrogen-bond acceptors (Lipinski definition) is 0. The van der Waals surface area contributed by atoms with Crippen LogP contribution < -0.4 is 0 Å². The number of benzene rings is 2. The minimum Gasteiger partial charge on any atom is -0.207 e. The van der Waals surface area contributed by atoms with Crippen molar-refractivity contribution >= 4 is 43.5 Å². The fourth-order valence-corrected chi connectivity index (χ4v) is 2.90. The summed E-state index contributed by atoms with van der Waals surface area (Å²) >= 11 is 12.6. The summed E-state index contributed by atoms with van der Waals surface area (Å²) in [6, 6.07) is 12.7. The molecule has 0 aliphatic rings. The molecule has 0 aromatic heterocycles. The highest BCUT2D eigenvalue weighted by atomic mass is 79.9. The highest BCUT2D eigenvalue weighted by molar-refractivity contribution is 9.10. The van der Waals surface area contributed by atoms with Crippen molar-refractivity contribution in [3.05, 3.63) is 68.9 Å². The maximum Gasteiger partial charge on any atom is 0.128 e. The normalized spacial score (nSPS) is 12.4. The Kier molecular flexibility index (Phi) is 4.82. The van der Waals surface area contributed by atoms with Crippen molar-refractivity contribution < 1.29 is 4.39 Å². The van der Waals surface area contributed by atoms with E-state index in [2.05, 4.69) is 31.9 Å². The molecule has 0 radical (unpaired) electrons. The van der Waals surface area contributed by atoms with Gasteiger partial charge in [0.15, 0.2) is 0 Å². The molecule has 2 rings (SSSR count). The van der Waals surface area contributed by atoms with E-state index in [0.717, 1.165) is 16.5 Å². The van der Waals surface area contributed by atoms with Crippen LogP contribution in [0.1, 0.15) is 16.0 Å². The lowest BCUT2D eigenvalue weighted by Gasteiger charge is -2.11. The van der Waals surface area contributed by atoms with Crippen LogP contribution in [0.4, 0.5) is 4.39 Å². The topological polar surface area (TPSA) is 0 Å². The van der Waals surface area contributed by atoms with Gasteiger partial charge < -0.3 is 0 Å². The number of hydrogen-bond donors (Lipinski definition) is 0. The van der Waals surface area contributed by atoms with Crippen LogP contribution in [0.2, 0.25) is 5.02 Å². The largest absolute Gasteiger partial charge is 0.207 e. The Morgan fingerprint density at radius 3 is 2.39 bits per heavy atom. The Morgan fingerprint density at radius 2 is 1.78 bits per heavy atom. The Bertz CT molecular complexity index is 540. The van der Waals surface area contributed by atoms with Crippen molar-refractivity contribution in [2.75, 3.05) is 0 Å². The van der Waals surface area contributed by atoms with Crippen LogP contribution in [0.15, 0.2) is 46.9 Å². The van der Waals surface area contributed by atoms with Crippen LogP contribution >= 0.6 is 43.5 Å². The van der Waals surface area contributed by atoms with E-state index in [1.54, 1.807) is 6.07 Å². The van der Waals surface area contributed by atoms with Gasteiger partial charge >= 0.3 is 0 Å². The Morgan fingerprint density at radius 1 is 1.11 bits per heavy atom. The third-order valence-corrected chi connectivity index (χ3v) is 4.19. The van der Waals surface area contributed by atoms with Gasteiger partial charge in [0.1, 0.15) is 5.82 Å². The first-order chi connectivity index (χ1) is 8.56. The van der Waals surface area contributed by atoms with E-state index in [1.807, 2.05) is 30.3 Å². The molecule has 0 aliphatic carbocycles. The molecule has 0 saturated carbocycles. The molecule has 0 nitrogen and oxygen atoms in total. The zero-order valence-corrected chi connectivity index (χ0v) is 13.3. The molecular weight excluding hydrogens is 382 g/mol. The second-order valence-electron chi connectivity index (χ2n) is 3.96. The van der Waals surface area contributed by atoms with Gasteiger partial charge in [-0.25, -0.2) is 4.39 Å². The molecule has 0 heterocycles. The molecule has 2 aromatic carbocycles. The van der Waals surface area contributed by atoms with Crippen LogP contribution in [0, 0.1) is 5.82 Å². The molecule has 0 N–H and O–H groups in total. The van der Waals surface area contributed by atoms with Crippen molar-refractivity contribution in [3.8, 4) is 0 Å². The molecule has 4 heteroatoms. The van der Waals surface area contributed by atoms with E-state index < -0.39 is 0 Å². The molecule has 2 aromatic rings. The third kappa shape index (κ3) is 3.56. The van der Waals surface area contributed by atoms with Gasteiger partial charge in [-0.15, -0.1) is 0 Å². The van der Waals surface area contributed by atoms with Gasteiger partial charge in [0.05, 0.1) is 0 Å². The first kappa shape index (κ1) is 14.0. The van der Waals surface area contributed by atoms with Gasteiger partial charge in [0, 0.05) is 19.9 Å². The van der Waals surface area contributed by atoms with Gasteiger partial charge in [0.2, 0.25) is 0 Å². The van der Waals surface area contributed by atoms with Crippen molar-refractivity contribution in [2.24, 2.45) is 0 Å². The molecular formula is C14H10Br2ClF. The number of alkyl halides is 1. The average Bonchev–Trinajstić information content (AvgIpc) is 2.32. The fraction of sp³-hybridized carbons (Fsp3) is 0.143. The van der Waals surface area contributed by atoms with Gasteiger partial charge in [-0.3, -0.25) is 0 Å². The first-order valence-corrected chi connectivity index (χ1v) is 7.48. The van der Waals surface area contributed by atoms with E-state index in [1.165, 1.54) is 6.07 Å². The number of rotatable bonds is 3. The van der Waals surface area contributed by atoms with E-state index in [-0.39, 0.29) is 10.6 Å². The molecule has 0 saturated heterocycles. The molecule has 0 aliphatic heterocycles. The molecule has 18 heavy (non-hydrogen) atoms. The van der Waals surface area contributed by atoms with Crippen LogP contribution in [0.3, 0.4) is 0 Å². The fourth-order valence-electron chi connectivity index (χ4n) is 1.69. The van der Waals surface area contributed by atoms with Crippen LogP contribution in [-0.4, -0.2) is 0 Å². The summed E-state index contributed by atoms with van der Waals surface area (Å²) in [4.78, 5) is -0.0493. The molecule has 0 fully saturated rings. The summed E-state index contributed by atoms with van der Waals surface area (Å²) in [6.07, 6.45) is 0.718. The van der Waals surface area contributed by atoms with Gasteiger partial charge in [-0.1, -0.05) is 61.7 Å². The van der Waals surface area contributed by atoms with Gasteiger partial charge in [-0.05, 0) is 36.2 Å². The third-order valence-electron chi connectivity index (χ3n) is 2.63. The quantitative estimate of drug-likeness (QED) is 0.569. The zero-order chi connectivity index (χ0) is 13.1. The lowest BCUT2D eigenvalue weighted by Crippen LogP contribution is -1.98. The van der Waals surface area contributed by atoms with Crippen LogP contribution in [0.5, 0.6) is 0 Å². The maximum absolute atomic E-state index is 13.8. The first-order valence-electron chi connectivity index (χ1n) is 5.40. The molecule has 0 amide bonds. The van der Waals surface area contributed by atoms with E-state index in [0.29, 0.717) is 10.6 Å². The summed E-state index contributed by atoms with van der Waals surface area (Å²) in [7, 11) is 0. The minimum absolute atomic E-state index is 0.0493. The summed E-state index contributed by atoms with van der Waals surface area (Å²) in [6.45, 7) is 0. The van der Waals surface area contributed by atoms with Crippen molar-refractivity contribution in [1.82, 2.24) is 0 Å². The lowest BCUT2D eigenvalue weighted by molar-refractivity contribution is 0.607.